The number of nitrogens with one attached hydrogen (secondary N) is 1. The van der Waals surface area contributed by atoms with Crippen LogP contribution in [0.1, 0.15) is 47.0 Å². The average molecular weight is 286 g/mol. The highest BCUT2D eigenvalue weighted by Gasteiger charge is 2.38. The van der Waals surface area contributed by atoms with Crippen molar-refractivity contribution in [2.45, 2.75) is 53.0 Å². The van der Waals surface area contributed by atoms with E-state index in [2.05, 4.69) is 5.32 Å². The lowest BCUT2D eigenvalue weighted by Crippen LogP contribution is -2.43. The van der Waals surface area contributed by atoms with Crippen LogP contribution in [0.4, 0.5) is 0 Å². The van der Waals surface area contributed by atoms with Crippen LogP contribution in [0.5, 0.6) is 0 Å². The number of rotatable bonds is 8. The number of hydrogen-bond donors (Lipinski definition) is 2. The highest BCUT2D eigenvalue weighted by Crippen LogP contribution is 2.31. The van der Waals surface area contributed by atoms with Gasteiger partial charge in [0.05, 0.1) is 12.0 Å². The lowest BCUT2D eigenvalue weighted by atomic mass is 9.79. The summed E-state index contributed by atoms with van der Waals surface area (Å²) in [7, 11) is 1.51. The molecule has 6 heteroatoms. The first-order valence-electron chi connectivity index (χ1n) is 6.95. The van der Waals surface area contributed by atoms with Crippen molar-refractivity contribution in [3.05, 3.63) is 0 Å². The number of likely N-dealkylation sites (N-methyl/N-ethyl adjacent to an activating group) is 1. The van der Waals surface area contributed by atoms with Crippen molar-refractivity contribution in [1.82, 2.24) is 10.2 Å². The summed E-state index contributed by atoms with van der Waals surface area (Å²) in [6.45, 7) is 7.14. The van der Waals surface area contributed by atoms with Crippen LogP contribution >= 0.6 is 0 Å². The average Bonchev–Trinajstić information content (AvgIpc) is 2.34. The Hall–Kier alpha value is -1.59. The van der Waals surface area contributed by atoms with Crippen molar-refractivity contribution in [3.63, 3.8) is 0 Å². The molecule has 0 atom stereocenters. The Bertz CT molecular complexity index is 362. The molecule has 0 radical (unpaired) electrons. The van der Waals surface area contributed by atoms with Crippen molar-refractivity contribution >= 4 is 17.8 Å². The molecule has 0 saturated heterocycles. The van der Waals surface area contributed by atoms with Gasteiger partial charge in [0.25, 0.3) is 0 Å². The molecular formula is C14H26N2O4. The topological polar surface area (TPSA) is 86.7 Å². The van der Waals surface area contributed by atoms with E-state index in [1.807, 2.05) is 13.8 Å². The maximum atomic E-state index is 12.1. The first kappa shape index (κ1) is 18.4. The van der Waals surface area contributed by atoms with Gasteiger partial charge in [-0.1, -0.05) is 13.8 Å². The van der Waals surface area contributed by atoms with Gasteiger partial charge in [0.15, 0.2) is 0 Å². The van der Waals surface area contributed by atoms with Gasteiger partial charge < -0.3 is 15.3 Å². The summed E-state index contributed by atoms with van der Waals surface area (Å²) in [4.78, 5) is 36.3. The maximum absolute atomic E-state index is 12.1. The van der Waals surface area contributed by atoms with Gasteiger partial charge in [0.1, 0.15) is 0 Å². The SMILES string of the molecule is CCC(CC)(CC(=O)N(C)CC(=O)NC(C)C)C(=O)O. The van der Waals surface area contributed by atoms with E-state index in [0.717, 1.165) is 0 Å². The molecule has 2 N–H and O–H groups in total. The minimum absolute atomic E-state index is 0.00963. The van der Waals surface area contributed by atoms with E-state index < -0.39 is 11.4 Å². The number of hydrogen-bond acceptors (Lipinski definition) is 3. The number of nitrogens with zero attached hydrogens (tertiary/aromatic N) is 1. The molecule has 0 aliphatic heterocycles. The highest BCUT2D eigenvalue weighted by molar-refractivity contribution is 5.88. The van der Waals surface area contributed by atoms with Crippen molar-refractivity contribution < 1.29 is 19.5 Å². The lowest BCUT2D eigenvalue weighted by Gasteiger charge is -2.28. The van der Waals surface area contributed by atoms with Crippen molar-refractivity contribution in [1.29, 1.82) is 0 Å². The molecule has 0 bridgehead atoms. The number of carboxylic acid groups (broad SMARTS) is 1. The van der Waals surface area contributed by atoms with Crippen LogP contribution in [0, 0.1) is 5.41 Å². The standard InChI is InChI=1S/C14H26N2O4/c1-6-14(7-2,13(19)20)8-12(18)16(5)9-11(17)15-10(3)4/h10H,6-9H2,1-5H3,(H,15,17)(H,19,20). The van der Waals surface area contributed by atoms with Crippen LogP contribution < -0.4 is 5.32 Å². The van der Waals surface area contributed by atoms with Gasteiger partial charge in [0.2, 0.25) is 11.8 Å². The molecule has 0 aromatic heterocycles. The highest BCUT2D eigenvalue weighted by atomic mass is 16.4. The summed E-state index contributed by atoms with van der Waals surface area (Å²) in [5.41, 5.74) is -1.04. The summed E-state index contributed by atoms with van der Waals surface area (Å²) >= 11 is 0. The van der Waals surface area contributed by atoms with E-state index in [9.17, 15) is 19.5 Å². The van der Waals surface area contributed by atoms with Crippen LogP contribution in [0.3, 0.4) is 0 Å². The zero-order valence-electron chi connectivity index (χ0n) is 13.0. The molecule has 116 valence electrons. The Labute approximate surface area is 120 Å². The van der Waals surface area contributed by atoms with Crippen LogP contribution in [-0.2, 0) is 14.4 Å². The number of carbonyl (C=O) groups excluding carboxylic acids is 2. The summed E-state index contributed by atoms with van der Waals surface area (Å²) in [6.07, 6.45) is 0.688. The third-order valence-electron chi connectivity index (χ3n) is 3.55. The van der Waals surface area contributed by atoms with E-state index in [1.165, 1.54) is 11.9 Å². The molecule has 0 aromatic rings. The minimum atomic E-state index is -1.04. The van der Waals surface area contributed by atoms with E-state index in [4.69, 9.17) is 0 Å². The number of amides is 2. The van der Waals surface area contributed by atoms with E-state index >= 15 is 0 Å². The zero-order valence-corrected chi connectivity index (χ0v) is 13.0. The minimum Gasteiger partial charge on any atom is -0.481 e. The van der Waals surface area contributed by atoms with Gasteiger partial charge >= 0.3 is 5.97 Å². The summed E-state index contributed by atoms with van der Waals surface area (Å²) in [5.74, 6) is -1.53. The fraction of sp³-hybridized carbons (Fsp3) is 0.786. The smallest absolute Gasteiger partial charge is 0.310 e. The van der Waals surface area contributed by atoms with Crippen molar-refractivity contribution in [2.24, 2.45) is 5.41 Å². The van der Waals surface area contributed by atoms with E-state index in [-0.39, 0.29) is 30.8 Å². The molecule has 0 aliphatic rings. The molecular weight excluding hydrogens is 260 g/mol. The molecule has 6 nitrogen and oxygen atoms in total. The van der Waals surface area contributed by atoms with Gasteiger partial charge in [-0.05, 0) is 26.7 Å². The van der Waals surface area contributed by atoms with Crippen LogP contribution in [0.25, 0.3) is 0 Å². The van der Waals surface area contributed by atoms with Gasteiger partial charge in [-0.15, -0.1) is 0 Å². The van der Waals surface area contributed by atoms with Gasteiger partial charge in [-0.2, -0.15) is 0 Å². The summed E-state index contributed by atoms with van der Waals surface area (Å²) < 4.78 is 0. The monoisotopic (exact) mass is 286 g/mol. The Kier molecular flexibility index (Phi) is 7.24. The molecule has 0 aromatic carbocycles. The quantitative estimate of drug-likeness (QED) is 0.703. The Balaban J connectivity index is 4.66. The second kappa shape index (κ2) is 7.87. The third kappa shape index (κ3) is 5.19. The van der Waals surface area contributed by atoms with E-state index in [1.54, 1.807) is 13.8 Å². The normalized spacial score (nSPS) is 11.3. The van der Waals surface area contributed by atoms with Gasteiger partial charge in [-0.25, -0.2) is 0 Å². The third-order valence-corrected chi connectivity index (χ3v) is 3.55. The second-order valence-corrected chi connectivity index (χ2v) is 5.44. The molecule has 2 amide bonds. The Morgan fingerprint density at radius 3 is 2.05 bits per heavy atom. The molecule has 20 heavy (non-hydrogen) atoms. The summed E-state index contributed by atoms with van der Waals surface area (Å²) in [5, 5.41) is 12.0. The van der Waals surface area contributed by atoms with Gasteiger partial charge in [-0.3, -0.25) is 14.4 Å². The molecule has 0 rings (SSSR count). The number of aliphatic carboxylic acids is 1. The van der Waals surface area contributed by atoms with Crippen LogP contribution in [0.15, 0.2) is 0 Å². The molecule has 0 heterocycles. The van der Waals surface area contributed by atoms with Crippen molar-refractivity contribution in [3.8, 4) is 0 Å². The Morgan fingerprint density at radius 1 is 1.20 bits per heavy atom. The predicted octanol–water partition coefficient (Wildman–Crippen LogP) is 1.25. The van der Waals surface area contributed by atoms with Gasteiger partial charge in [0, 0.05) is 19.5 Å². The maximum Gasteiger partial charge on any atom is 0.310 e. The molecule has 0 fully saturated rings. The zero-order chi connectivity index (χ0) is 15.9. The fourth-order valence-electron chi connectivity index (χ4n) is 1.97. The Morgan fingerprint density at radius 2 is 1.70 bits per heavy atom. The molecule has 0 saturated carbocycles. The largest absolute Gasteiger partial charge is 0.481 e. The lowest BCUT2D eigenvalue weighted by molar-refractivity contribution is -0.154. The van der Waals surface area contributed by atoms with Crippen LogP contribution in [-0.4, -0.2) is 47.4 Å². The molecule has 0 aliphatic carbocycles. The van der Waals surface area contributed by atoms with E-state index in [0.29, 0.717) is 12.8 Å². The predicted molar refractivity (Wildman–Crippen MR) is 76.2 cm³/mol. The fourth-order valence-corrected chi connectivity index (χ4v) is 1.97. The number of carboxylic acids is 1. The second-order valence-electron chi connectivity index (χ2n) is 5.44. The van der Waals surface area contributed by atoms with Crippen molar-refractivity contribution in [2.75, 3.05) is 13.6 Å². The first-order chi connectivity index (χ1) is 9.18. The summed E-state index contributed by atoms with van der Waals surface area (Å²) in [6, 6.07) is 0.00963. The first-order valence-corrected chi connectivity index (χ1v) is 6.95. The number of carbonyl (C=O) groups is 3. The molecule has 0 unspecified atom stereocenters. The van der Waals surface area contributed by atoms with Crippen LogP contribution in [0.2, 0.25) is 0 Å². The molecule has 0 spiro atoms.